The number of carbonyl (C=O) groups excluding carboxylic acids is 1. The van der Waals surface area contributed by atoms with Crippen LogP contribution in [0.2, 0.25) is 4.47 Å². The van der Waals surface area contributed by atoms with Gasteiger partial charge in [0.1, 0.15) is 0 Å². The summed E-state index contributed by atoms with van der Waals surface area (Å²) in [5, 5.41) is 0. The normalized spacial score (nSPS) is 23.3. The highest BCUT2D eigenvalue weighted by molar-refractivity contribution is 7.15. The van der Waals surface area contributed by atoms with Crippen molar-refractivity contribution in [3.63, 3.8) is 0 Å². The number of aromatic nitrogens is 1. The fourth-order valence-corrected chi connectivity index (χ4v) is 2.91. The van der Waals surface area contributed by atoms with E-state index in [9.17, 15) is 4.79 Å². The van der Waals surface area contributed by atoms with E-state index in [1.807, 2.05) is 4.90 Å². The van der Waals surface area contributed by atoms with Crippen molar-refractivity contribution < 1.29 is 9.53 Å². The van der Waals surface area contributed by atoms with Gasteiger partial charge >= 0.3 is 6.09 Å². The first-order valence-corrected chi connectivity index (χ1v) is 6.06. The molecule has 1 unspecified atom stereocenters. The number of nitrogens with zero attached hydrogens (tertiary/aromatic N) is 3. The van der Waals surface area contributed by atoms with E-state index in [1.165, 1.54) is 11.3 Å². The molecule has 0 radical (unpaired) electrons. The molecular weight excluding hydrogens is 250 g/mol. The third kappa shape index (κ3) is 1.68. The van der Waals surface area contributed by atoms with Crippen LogP contribution < -0.4 is 0 Å². The number of rotatable bonds is 2. The van der Waals surface area contributed by atoms with Crippen molar-refractivity contribution >= 4 is 34.9 Å². The molecule has 1 fully saturated rings. The van der Waals surface area contributed by atoms with E-state index in [4.69, 9.17) is 16.3 Å². The minimum atomic E-state index is -0.480. The van der Waals surface area contributed by atoms with Crippen molar-refractivity contribution in [1.82, 2.24) is 9.88 Å². The molecule has 1 atom stereocenters. The zero-order chi connectivity index (χ0) is 11.1. The van der Waals surface area contributed by atoms with E-state index >= 15 is 0 Å². The van der Waals surface area contributed by atoms with Gasteiger partial charge in [0.05, 0.1) is 6.54 Å². The van der Waals surface area contributed by atoms with Crippen LogP contribution in [0.4, 0.5) is 4.79 Å². The second-order valence-electron chi connectivity index (χ2n) is 3.63. The summed E-state index contributed by atoms with van der Waals surface area (Å²) in [4.78, 5) is 21.9. The highest BCUT2D eigenvalue weighted by Gasteiger charge is 2.37. The monoisotopic (exact) mass is 257 g/mol. The average molecular weight is 258 g/mol. The van der Waals surface area contributed by atoms with Crippen LogP contribution >= 0.6 is 22.9 Å². The van der Waals surface area contributed by atoms with Crippen LogP contribution in [0, 0.1) is 0 Å². The lowest BCUT2D eigenvalue weighted by Crippen LogP contribution is -2.26. The van der Waals surface area contributed by atoms with Crippen molar-refractivity contribution in [3.8, 4) is 0 Å². The van der Waals surface area contributed by atoms with E-state index in [2.05, 4.69) is 9.98 Å². The van der Waals surface area contributed by atoms with Gasteiger partial charge in [0.2, 0.25) is 0 Å². The summed E-state index contributed by atoms with van der Waals surface area (Å²) in [6.07, 6.45) is 1.94. The lowest BCUT2D eigenvalue weighted by atomic mass is 10.3. The number of thiazole rings is 1. The number of ether oxygens (including phenoxy) is 1. The van der Waals surface area contributed by atoms with Gasteiger partial charge in [-0.15, -0.1) is 11.3 Å². The molecule has 84 valence electrons. The number of hydrogen-bond acceptors (Lipinski definition) is 5. The number of carbonyl (C=O) groups is 1. The largest absolute Gasteiger partial charge is 0.436 e. The number of hydrogen-bond donors (Lipinski definition) is 0. The van der Waals surface area contributed by atoms with Crippen LogP contribution in [0.25, 0.3) is 0 Å². The Morgan fingerprint density at radius 1 is 1.69 bits per heavy atom. The summed E-state index contributed by atoms with van der Waals surface area (Å²) in [6.45, 7) is 1.54. The lowest BCUT2D eigenvalue weighted by Gasteiger charge is -2.15. The van der Waals surface area contributed by atoms with Gasteiger partial charge in [0.15, 0.2) is 16.4 Å². The Balaban J connectivity index is 1.77. The second kappa shape index (κ2) is 3.71. The van der Waals surface area contributed by atoms with Gasteiger partial charge in [0.25, 0.3) is 0 Å². The first-order chi connectivity index (χ1) is 7.72. The molecule has 1 aromatic heterocycles. The third-order valence-electron chi connectivity index (χ3n) is 2.59. The van der Waals surface area contributed by atoms with Gasteiger partial charge in [-0.2, -0.15) is 4.99 Å². The van der Waals surface area contributed by atoms with Crippen molar-refractivity contribution in [2.75, 3.05) is 6.54 Å². The highest BCUT2D eigenvalue weighted by atomic mass is 35.5. The first kappa shape index (κ1) is 10.0. The van der Waals surface area contributed by atoms with Gasteiger partial charge in [-0.3, -0.25) is 0 Å². The number of likely N-dealkylation sites (tertiary alicyclic amines) is 1. The van der Waals surface area contributed by atoms with E-state index in [-0.39, 0.29) is 6.10 Å². The van der Waals surface area contributed by atoms with Gasteiger partial charge in [-0.25, -0.2) is 9.78 Å². The molecule has 0 saturated carbocycles. The van der Waals surface area contributed by atoms with Crippen molar-refractivity contribution in [2.24, 2.45) is 4.99 Å². The lowest BCUT2D eigenvalue weighted by molar-refractivity contribution is 0.149. The van der Waals surface area contributed by atoms with Crippen molar-refractivity contribution in [2.45, 2.75) is 19.1 Å². The zero-order valence-electron chi connectivity index (χ0n) is 8.22. The molecule has 0 aromatic carbocycles. The third-order valence-corrected chi connectivity index (χ3v) is 3.69. The SMILES string of the molecule is O=C1N=C2C(CCN2Cc2cnc(Cl)s2)O1. The van der Waals surface area contributed by atoms with Gasteiger partial charge < -0.3 is 9.64 Å². The summed E-state index contributed by atoms with van der Waals surface area (Å²) in [5.74, 6) is 0.745. The topological polar surface area (TPSA) is 54.8 Å². The average Bonchev–Trinajstić information content (AvgIpc) is 2.86. The Labute approximate surface area is 101 Å². The summed E-state index contributed by atoms with van der Waals surface area (Å²) in [5.41, 5.74) is 0. The zero-order valence-corrected chi connectivity index (χ0v) is 9.79. The Morgan fingerprint density at radius 3 is 3.31 bits per heavy atom. The van der Waals surface area contributed by atoms with Crippen LogP contribution in [0.3, 0.4) is 0 Å². The van der Waals surface area contributed by atoms with Crippen LogP contribution in [-0.4, -0.2) is 34.5 Å². The molecule has 2 aliphatic heterocycles. The molecule has 16 heavy (non-hydrogen) atoms. The molecule has 3 rings (SSSR count). The van der Waals surface area contributed by atoms with E-state index in [0.717, 1.165) is 23.7 Å². The smallest absolute Gasteiger partial charge is 0.436 e. The Bertz CT molecular complexity index is 473. The standard InChI is InChI=1S/C9H8ClN3O2S/c10-8-11-3-5(16-8)4-13-2-1-6-7(13)12-9(14)15-6/h3,6H,1-2,4H2. The van der Waals surface area contributed by atoms with Gasteiger partial charge in [0, 0.05) is 24.0 Å². The Morgan fingerprint density at radius 2 is 2.56 bits per heavy atom. The molecule has 0 spiro atoms. The molecule has 7 heteroatoms. The van der Waals surface area contributed by atoms with Gasteiger partial charge in [-0.05, 0) is 0 Å². The second-order valence-corrected chi connectivity index (χ2v) is 5.33. The quantitative estimate of drug-likeness (QED) is 0.812. The predicted octanol–water partition coefficient (Wildman–Crippen LogP) is 1.92. The van der Waals surface area contributed by atoms with Crippen molar-refractivity contribution in [3.05, 3.63) is 15.5 Å². The molecule has 1 aromatic rings. The first-order valence-electron chi connectivity index (χ1n) is 4.87. The van der Waals surface area contributed by atoms with E-state index in [1.54, 1.807) is 6.20 Å². The maximum atomic E-state index is 11.0. The number of halogens is 1. The predicted molar refractivity (Wildman–Crippen MR) is 59.9 cm³/mol. The van der Waals surface area contributed by atoms with Crippen LogP contribution in [-0.2, 0) is 11.3 Å². The molecule has 0 bridgehead atoms. The Kier molecular flexibility index (Phi) is 2.33. The number of amidine groups is 1. The number of aliphatic imine (C=N–C) groups is 1. The molecular formula is C9H8ClN3O2S. The number of fused-ring (bicyclic) bond motifs is 1. The molecule has 1 saturated heterocycles. The molecule has 5 nitrogen and oxygen atoms in total. The molecule has 0 N–H and O–H groups in total. The van der Waals surface area contributed by atoms with E-state index < -0.39 is 6.09 Å². The summed E-state index contributed by atoms with van der Waals surface area (Å²) in [6, 6.07) is 0. The van der Waals surface area contributed by atoms with Crippen LogP contribution in [0.5, 0.6) is 0 Å². The minimum absolute atomic E-state index is 0.143. The maximum absolute atomic E-state index is 11.0. The molecule has 3 heterocycles. The summed E-state index contributed by atoms with van der Waals surface area (Å²) in [7, 11) is 0. The van der Waals surface area contributed by atoms with Gasteiger partial charge in [-0.1, -0.05) is 11.6 Å². The summed E-state index contributed by atoms with van der Waals surface area (Å²) >= 11 is 7.20. The molecule has 2 aliphatic rings. The highest BCUT2D eigenvalue weighted by Crippen LogP contribution is 2.26. The summed E-state index contributed by atoms with van der Waals surface area (Å²) < 4.78 is 5.57. The Hall–Kier alpha value is -1.14. The van der Waals surface area contributed by atoms with Crippen molar-refractivity contribution in [1.29, 1.82) is 0 Å². The molecule has 1 amide bonds. The fourth-order valence-electron chi connectivity index (χ4n) is 1.92. The van der Waals surface area contributed by atoms with E-state index in [0.29, 0.717) is 11.0 Å². The molecule has 0 aliphatic carbocycles. The van der Waals surface area contributed by atoms with Crippen LogP contribution in [0.1, 0.15) is 11.3 Å². The van der Waals surface area contributed by atoms with Crippen LogP contribution in [0.15, 0.2) is 11.2 Å². The minimum Gasteiger partial charge on any atom is -0.436 e. The fraction of sp³-hybridized carbons (Fsp3) is 0.444. The maximum Gasteiger partial charge on any atom is 0.436 e. The number of amides is 1.